The van der Waals surface area contributed by atoms with Crippen molar-refractivity contribution in [3.63, 3.8) is 0 Å². The first-order valence-electron chi connectivity index (χ1n) is 10.9. The fraction of sp³-hybridized carbons (Fsp3) is 0.571. The molecule has 35 heavy (non-hydrogen) atoms. The minimum atomic E-state index is -1.83. The van der Waals surface area contributed by atoms with Crippen LogP contribution in [0, 0.1) is 11.8 Å². The largest absolute Gasteiger partial charge is 0.478 e. The van der Waals surface area contributed by atoms with Gasteiger partial charge in [0.15, 0.2) is 6.29 Å². The Morgan fingerprint density at radius 1 is 1.37 bits per heavy atom. The summed E-state index contributed by atoms with van der Waals surface area (Å²) < 4.78 is 10.5. The molecular formula is C21H31N5O9. The van der Waals surface area contributed by atoms with Crippen LogP contribution in [0.2, 0.25) is 0 Å². The number of aromatic nitrogens is 2. The number of carbonyl (C=O) groups excluding carboxylic acids is 2. The van der Waals surface area contributed by atoms with Crippen LogP contribution in [0.3, 0.4) is 0 Å². The van der Waals surface area contributed by atoms with Gasteiger partial charge in [0.2, 0.25) is 12.0 Å². The lowest BCUT2D eigenvalue weighted by Gasteiger charge is -2.29. The average molecular weight is 498 g/mol. The number of aromatic amines is 1. The maximum atomic E-state index is 12.5. The van der Waals surface area contributed by atoms with E-state index in [1.807, 2.05) is 13.8 Å². The SMILES string of the molecule is C=C1C(c2cnc(=O)[nH]c2NC(=O)O[C@@H](C(=O)O)[C@H](C)N(N)C(=O)CCC(C)C)OC[C@H]1C(O)O. The first kappa shape index (κ1) is 27.9. The van der Waals surface area contributed by atoms with Gasteiger partial charge in [0.1, 0.15) is 11.9 Å². The van der Waals surface area contributed by atoms with Gasteiger partial charge in [0.05, 0.1) is 18.6 Å². The molecule has 194 valence electrons. The molecule has 14 heteroatoms. The Kier molecular flexibility index (Phi) is 9.47. The van der Waals surface area contributed by atoms with Crippen LogP contribution in [0.4, 0.5) is 10.6 Å². The molecule has 0 radical (unpaired) electrons. The summed E-state index contributed by atoms with van der Waals surface area (Å²) in [5.41, 5.74) is -0.446. The molecule has 1 fully saturated rings. The summed E-state index contributed by atoms with van der Waals surface area (Å²) >= 11 is 0. The van der Waals surface area contributed by atoms with E-state index in [1.165, 1.54) is 6.92 Å². The Morgan fingerprint density at radius 2 is 2.03 bits per heavy atom. The number of anilines is 1. The fourth-order valence-electron chi connectivity index (χ4n) is 3.40. The Bertz CT molecular complexity index is 1010. The summed E-state index contributed by atoms with van der Waals surface area (Å²) in [7, 11) is 0. The zero-order valence-electron chi connectivity index (χ0n) is 19.6. The van der Waals surface area contributed by atoms with Crippen LogP contribution in [-0.2, 0) is 19.1 Å². The molecule has 0 aromatic carbocycles. The van der Waals surface area contributed by atoms with Crippen LogP contribution >= 0.6 is 0 Å². The maximum absolute atomic E-state index is 12.5. The molecule has 1 aliphatic heterocycles. The summed E-state index contributed by atoms with van der Waals surface area (Å²) in [5.74, 6) is 2.92. The number of carbonyl (C=O) groups is 3. The quantitative estimate of drug-likeness (QED) is 0.0821. The molecule has 2 heterocycles. The Hall–Kier alpha value is -3.33. The smallest absolute Gasteiger partial charge is 0.413 e. The summed E-state index contributed by atoms with van der Waals surface area (Å²) in [6, 6.07) is -1.21. The van der Waals surface area contributed by atoms with Crippen molar-refractivity contribution in [1.29, 1.82) is 0 Å². The number of aliphatic carboxylic acids is 1. The minimum Gasteiger partial charge on any atom is -0.478 e. The van der Waals surface area contributed by atoms with Crippen molar-refractivity contribution < 1.29 is 39.2 Å². The number of nitrogens with zero attached hydrogens (tertiary/aromatic N) is 2. The van der Waals surface area contributed by atoms with Crippen LogP contribution in [0.15, 0.2) is 23.1 Å². The number of rotatable bonds is 10. The topological polar surface area (TPSA) is 217 Å². The van der Waals surface area contributed by atoms with E-state index >= 15 is 0 Å². The van der Waals surface area contributed by atoms with Gasteiger partial charge < -0.3 is 24.8 Å². The number of hydrogen-bond acceptors (Lipinski definition) is 10. The van der Waals surface area contributed by atoms with E-state index in [-0.39, 0.29) is 35.9 Å². The molecule has 1 unspecified atom stereocenters. The maximum Gasteiger partial charge on any atom is 0.413 e. The van der Waals surface area contributed by atoms with E-state index in [9.17, 15) is 34.5 Å². The zero-order valence-corrected chi connectivity index (χ0v) is 19.6. The Labute approximate surface area is 200 Å². The number of ether oxygens (including phenoxy) is 2. The number of H-pyrrole nitrogens is 1. The molecule has 0 spiro atoms. The van der Waals surface area contributed by atoms with Crippen molar-refractivity contribution in [2.45, 2.75) is 58.2 Å². The highest BCUT2D eigenvalue weighted by Gasteiger charge is 2.38. The van der Waals surface area contributed by atoms with Crippen molar-refractivity contribution in [1.82, 2.24) is 15.0 Å². The van der Waals surface area contributed by atoms with Crippen LogP contribution in [0.25, 0.3) is 0 Å². The van der Waals surface area contributed by atoms with Gasteiger partial charge in [-0.15, -0.1) is 0 Å². The van der Waals surface area contributed by atoms with E-state index in [4.69, 9.17) is 15.3 Å². The molecule has 1 aromatic heterocycles. The molecule has 0 aliphatic carbocycles. The molecule has 0 bridgehead atoms. The third kappa shape index (κ3) is 7.08. The predicted molar refractivity (Wildman–Crippen MR) is 121 cm³/mol. The highest BCUT2D eigenvalue weighted by Crippen LogP contribution is 2.39. The number of aliphatic hydroxyl groups is 2. The van der Waals surface area contributed by atoms with Crippen LogP contribution < -0.4 is 16.8 Å². The van der Waals surface area contributed by atoms with Crippen LogP contribution in [0.5, 0.6) is 0 Å². The molecule has 0 saturated carbocycles. The second-order valence-corrected chi connectivity index (χ2v) is 8.59. The molecule has 1 aromatic rings. The molecular weight excluding hydrogens is 466 g/mol. The lowest BCUT2D eigenvalue weighted by molar-refractivity contribution is -0.152. The lowest BCUT2D eigenvalue weighted by atomic mass is 9.96. The molecule has 1 aliphatic rings. The average Bonchev–Trinajstić information content (AvgIpc) is 3.16. The Balaban J connectivity index is 2.17. The second kappa shape index (κ2) is 11.9. The highest BCUT2D eigenvalue weighted by molar-refractivity contribution is 5.87. The lowest BCUT2D eigenvalue weighted by Crippen LogP contribution is -2.53. The van der Waals surface area contributed by atoms with E-state index < -0.39 is 54.1 Å². The summed E-state index contributed by atoms with van der Waals surface area (Å²) in [6.07, 6.45) is -4.04. The molecule has 7 N–H and O–H groups in total. The van der Waals surface area contributed by atoms with Crippen molar-refractivity contribution >= 4 is 23.8 Å². The normalized spacial score (nSPS) is 19.5. The first-order valence-corrected chi connectivity index (χ1v) is 10.9. The molecule has 14 nitrogen and oxygen atoms in total. The molecule has 1 saturated heterocycles. The highest BCUT2D eigenvalue weighted by atomic mass is 16.6. The Morgan fingerprint density at radius 3 is 2.57 bits per heavy atom. The minimum absolute atomic E-state index is 0.0834. The van der Waals surface area contributed by atoms with Gasteiger partial charge in [-0.2, -0.15) is 0 Å². The van der Waals surface area contributed by atoms with Crippen LogP contribution in [-0.4, -0.2) is 73.3 Å². The van der Waals surface area contributed by atoms with Gasteiger partial charge in [-0.1, -0.05) is 20.4 Å². The number of nitrogens with one attached hydrogen (secondary N) is 2. The van der Waals surface area contributed by atoms with Crippen molar-refractivity contribution in [2.75, 3.05) is 11.9 Å². The van der Waals surface area contributed by atoms with Crippen molar-refractivity contribution in [3.8, 4) is 0 Å². The van der Waals surface area contributed by atoms with Crippen LogP contribution in [0.1, 0.15) is 45.3 Å². The predicted octanol–water partition coefficient (Wildman–Crippen LogP) is -0.147. The number of hydrogen-bond donors (Lipinski definition) is 6. The van der Waals surface area contributed by atoms with E-state index in [2.05, 4.69) is 21.9 Å². The second-order valence-electron chi connectivity index (χ2n) is 8.59. The standard InChI is InChI=1S/C21H31N5O9/c1-9(2)5-6-14(27)26(22)11(4)16(19(30)31)35-21(33)25-17-12(7-23-20(32)24-17)15-10(3)13(8-34-15)18(28)29/h7,9,11,13,15-16,18,28-29H,3,5-6,8,22H2,1-2,4H3,(H,30,31)(H2,23,24,25,32,33)/t11-,13+,15?,16+/m0/s1. The number of amides is 2. The molecule has 2 rings (SSSR count). The monoisotopic (exact) mass is 497 g/mol. The summed E-state index contributed by atoms with van der Waals surface area (Å²) in [4.78, 5) is 54.2. The number of carboxylic acids is 1. The van der Waals surface area contributed by atoms with Crippen molar-refractivity contribution in [3.05, 3.63) is 34.4 Å². The summed E-state index contributed by atoms with van der Waals surface area (Å²) in [5, 5.41) is 31.4. The van der Waals surface area contributed by atoms with Gasteiger partial charge in [-0.3, -0.25) is 20.1 Å². The summed E-state index contributed by atoms with van der Waals surface area (Å²) in [6.45, 7) is 8.84. The number of aliphatic hydroxyl groups excluding tert-OH is 1. The fourth-order valence-corrected chi connectivity index (χ4v) is 3.40. The molecule has 2 amide bonds. The van der Waals surface area contributed by atoms with E-state index in [0.717, 1.165) is 6.20 Å². The van der Waals surface area contributed by atoms with E-state index in [0.29, 0.717) is 11.4 Å². The van der Waals surface area contributed by atoms with E-state index in [1.54, 1.807) is 0 Å². The zero-order chi connectivity index (χ0) is 26.4. The third-order valence-corrected chi connectivity index (χ3v) is 5.54. The van der Waals surface area contributed by atoms with Gasteiger partial charge >= 0.3 is 17.8 Å². The molecule has 4 atom stereocenters. The van der Waals surface area contributed by atoms with Gasteiger partial charge in [-0.25, -0.2) is 25.2 Å². The first-order chi connectivity index (χ1) is 16.3. The number of carboxylic acid groups (broad SMARTS) is 1. The van der Waals surface area contributed by atoms with Gasteiger partial charge in [0, 0.05) is 18.2 Å². The number of hydrazine groups is 1. The third-order valence-electron chi connectivity index (χ3n) is 5.54. The number of nitrogens with two attached hydrogens (primary N) is 1. The van der Waals surface area contributed by atoms with Crippen molar-refractivity contribution in [2.24, 2.45) is 17.7 Å². The van der Waals surface area contributed by atoms with Gasteiger partial charge in [-0.05, 0) is 24.8 Å². The van der Waals surface area contributed by atoms with Gasteiger partial charge in [0.25, 0.3) is 0 Å².